The van der Waals surface area contributed by atoms with Crippen molar-refractivity contribution < 1.29 is 32.2 Å². The van der Waals surface area contributed by atoms with Gasteiger partial charge in [0.1, 0.15) is 11.9 Å². The van der Waals surface area contributed by atoms with E-state index in [4.69, 9.17) is 14.2 Å². The van der Waals surface area contributed by atoms with Gasteiger partial charge in [-0.25, -0.2) is 18.0 Å². The van der Waals surface area contributed by atoms with Crippen molar-refractivity contribution in [1.82, 2.24) is 9.21 Å². The minimum absolute atomic E-state index is 0.0868. The fourth-order valence-corrected chi connectivity index (χ4v) is 7.76. The molecule has 0 saturated carbocycles. The minimum Gasteiger partial charge on any atom is -0.497 e. The third-order valence-corrected chi connectivity index (χ3v) is 9.79. The third kappa shape index (κ3) is 5.25. The van der Waals surface area contributed by atoms with E-state index < -0.39 is 39.7 Å². The molecule has 0 aromatic heterocycles. The van der Waals surface area contributed by atoms with Gasteiger partial charge in [-0.05, 0) is 47.9 Å². The summed E-state index contributed by atoms with van der Waals surface area (Å²) in [5.41, 5.74) is 0.230. The van der Waals surface area contributed by atoms with Gasteiger partial charge in [0.25, 0.3) is 5.54 Å². The molecule has 0 aliphatic carbocycles. The lowest BCUT2D eigenvalue weighted by Gasteiger charge is -2.36. The Hall–Kier alpha value is -4.51. The van der Waals surface area contributed by atoms with Gasteiger partial charge >= 0.3 is 11.9 Å². The second-order valence-electron chi connectivity index (χ2n) is 10.5. The predicted octanol–water partition coefficient (Wildman–Crippen LogP) is 5.04. The van der Waals surface area contributed by atoms with E-state index >= 15 is 0 Å². The van der Waals surface area contributed by atoms with E-state index in [1.54, 1.807) is 60.7 Å². The maximum atomic E-state index is 14.9. The van der Waals surface area contributed by atoms with Crippen molar-refractivity contribution in [2.45, 2.75) is 36.1 Å². The summed E-state index contributed by atoms with van der Waals surface area (Å²) >= 11 is 0. The summed E-state index contributed by atoms with van der Waals surface area (Å²) in [5.74, 6) is -1.60. The number of hydrogen-bond acceptors (Lipinski definition) is 8. The van der Waals surface area contributed by atoms with Crippen molar-refractivity contribution in [2.24, 2.45) is 0 Å². The molecule has 1 aliphatic heterocycles. The normalized spacial score (nSPS) is 18.5. The lowest BCUT2D eigenvalue weighted by atomic mass is 9.85. The largest absolute Gasteiger partial charge is 0.497 e. The molecule has 0 N–H and O–H groups in total. The summed E-state index contributed by atoms with van der Waals surface area (Å²) in [4.78, 5) is 30.3. The van der Waals surface area contributed by atoms with E-state index in [1.807, 2.05) is 48.2 Å². The van der Waals surface area contributed by atoms with Gasteiger partial charge < -0.3 is 14.2 Å². The monoisotopic (exact) mass is 614 g/mol. The van der Waals surface area contributed by atoms with Crippen LogP contribution in [-0.2, 0) is 35.6 Å². The van der Waals surface area contributed by atoms with Crippen molar-refractivity contribution in [3.8, 4) is 5.75 Å². The van der Waals surface area contributed by atoms with Gasteiger partial charge in [-0.3, -0.25) is 4.90 Å². The quantitative estimate of drug-likeness (QED) is 0.191. The van der Waals surface area contributed by atoms with Gasteiger partial charge in [-0.2, -0.15) is 0 Å². The smallest absolute Gasteiger partial charge is 0.341 e. The van der Waals surface area contributed by atoms with Gasteiger partial charge in [0, 0.05) is 6.54 Å². The SMILES string of the molecule is COC(=O)C1(C(=O)OC)[C@@H](c2ccc(OC)cc2)N(Cc2ccccc2)[C@H](c2ccccc2)N1S(=O)(=O)c1ccc(C)cc1. The average Bonchev–Trinajstić information content (AvgIpc) is 3.37. The maximum absolute atomic E-state index is 14.9. The number of esters is 2. The molecule has 4 aromatic carbocycles. The highest BCUT2D eigenvalue weighted by molar-refractivity contribution is 7.89. The van der Waals surface area contributed by atoms with Crippen molar-refractivity contribution in [2.75, 3.05) is 21.3 Å². The van der Waals surface area contributed by atoms with Crippen LogP contribution >= 0.6 is 0 Å². The number of methoxy groups -OCH3 is 3. The second-order valence-corrected chi connectivity index (χ2v) is 12.3. The third-order valence-electron chi connectivity index (χ3n) is 7.92. The molecular weight excluding hydrogens is 580 g/mol. The summed E-state index contributed by atoms with van der Waals surface area (Å²) in [6.45, 7) is 2.01. The van der Waals surface area contributed by atoms with Gasteiger partial charge in [0.15, 0.2) is 0 Å². The molecular formula is C34H34N2O7S. The number of benzene rings is 4. The zero-order valence-electron chi connectivity index (χ0n) is 24.9. The number of hydrogen-bond donors (Lipinski definition) is 0. The standard InChI is InChI=1S/C34H34N2O7S/c1-24-15-21-29(22-16-24)44(39,40)36-31(27-13-9-6-10-14-27)35(23-25-11-7-5-8-12-25)30(26-17-19-28(41-2)20-18-26)34(36,32(37)42-3)33(38)43-4/h5-22,30-31H,23H2,1-4H3/t30-,31+/m1/s1. The van der Waals surface area contributed by atoms with Gasteiger partial charge in [0.05, 0.1) is 32.3 Å². The van der Waals surface area contributed by atoms with E-state index in [2.05, 4.69) is 0 Å². The summed E-state index contributed by atoms with van der Waals surface area (Å²) in [5, 5.41) is 0. The average molecular weight is 615 g/mol. The zero-order valence-corrected chi connectivity index (χ0v) is 25.7. The number of carbonyl (C=O) groups excluding carboxylic acids is 2. The molecule has 10 heteroatoms. The summed E-state index contributed by atoms with van der Waals surface area (Å²) in [6, 6.07) is 30.3. The van der Waals surface area contributed by atoms with Gasteiger partial charge in [0.2, 0.25) is 10.0 Å². The Morgan fingerprint density at radius 1 is 0.727 bits per heavy atom. The van der Waals surface area contributed by atoms with Crippen LogP contribution in [0.2, 0.25) is 0 Å². The fraction of sp³-hybridized carbons (Fsp3) is 0.235. The van der Waals surface area contributed by atoms with Crippen LogP contribution in [0.25, 0.3) is 0 Å². The molecule has 0 spiro atoms. The van der Waals surface area contributed by atoms with E-state index in [0.717, 1.165) is 29.7 Å². The first kappa shape index (κ1) is 30.9. The van der Waals surface area contributed by atoms with Crippen LogP contribution < -0.4 is 4.74 Å². The molecule has 0 bridgehead atoms. The fourth-order valence-electron chi connectivity index (χ4n) is 5.91. The van der Waals surface area contributed by atoms with Gasteiger partial charge in [-0.1, -0.05) is 90.5 Å². The molecule has 1 saturated heterocycles. The highest BCUT2D eigenvalue weighted by Gasteiger charge is 2.72. The van der Waals surface area contributed by atoms with E-state index in [9.17, 15) is 18.0 Å². The molecule has 1 fully saturated rings. The van der Waals surface area contributed by atoms with E-state index in [1.165, 1.54) is 19.2 Å². The van der Waals surface area contributed by atoms with Crippen molar-refractivity contribution in [1.29, 1.82) is 0 Å². The molecule has 1 aliphatic rings. The Bertz CT molecular complexity index is 1700. The molecule has 5 rings (SSSR count). The number of nitrogens with zero attached hydrogens (tertiary/aromatic N) is 2. The Kier molecular flexibility index (Phi) is 8.87. The lowest BCUT2D eigenvalue weighted by molar-refractivity contribution is -0.168. The van der Waals surface area contributed by atoms with E-state index in [0.29, 0.717) is 16.9 Å². The molecule has 2 atom stereocenters. The van der Waals surface area contributed by atoms with E-state index in [-0.39, 0.29) is 11.4 Å². The number of ether oxygens (including phenoxy) is 3. The van der Waals surface area contributed by atoms with Crippen LogP contribution in [0.4, 0.5) is 0 Å². The van der Waals surface area contributed by atoms with Crippen molar-refractivity contribution in [3.63, 3.8) is 0 Å². The molecule has 0 radical (unpaired) electrons. The topological polar surface area (TPSA) is 102 Å². The Morgan fingerprint density at radius 2 is 1.27 bits per heavy atom. The van der Waals surface area contributed by atoms with Crippen LogP contribution in [0.3, 0.4) is 0 Å². The van der Waals surface area contributed by atoms with Gasteiger partial charge in [-0.15, -0.1) is 4.31 Å². The molecule has 1 heterocycles. The Labute approximate surface area is 257 Å². The Balaban J connectivity index is 1.91. The lowest BCUT2D eigenvalue weighted by Crippen LogP contribution is -2.62. The van der Waals surface area contributed by atoms with Crippen molar-refractivity contribution in [3.05, 3.63) is 131 Å². The second kappa shape index (κ2) is 12.6. The highest BCUT2D eigenvalue weighted by Crippen LogP contribution is 2.55. The maximum Gasteiger partial charge on any atom is 0.341 e. The number of aryl methyl sites for hydroxylation is 1. The molecule has 0 unspecified atom stereocenters. The first-order chi connectivity index (χ1) is 21.2. The first-order valence-electron chi connectivity index (χ1n) is 14.0. The van der Waals surface area contributed by atoms with Crippen molar-refractivity contribution >= 4 is 22.0 Å². The van der Waals surface area contributed by atoms with Crippen LogP contribution in [0, 0.1) is 6.92 Å². The van der Waals surface area contributed by atoms with Crippen LogP contribution in [0.15, 0.2) is 114 Å². The molecule has 0 amide bonds. The minimum atomic E-state index is -4.58. The zero-order chi connectivity index (χ0) is 31.5. The van der Waals surface area contributed by atoms with Crippen LogP contribution in [0.1, 0.15) is 34.5 Å². The predicted molar refractivity (Wildman–Crippen MR) is 164 cm³/mol. The van der Waals surface area contributed by atoms with Crippen LogP contribution in [-0.4, -0.2) is 56.4 Å². The summed E-state index contributed by atoms with van der Waals surface area (Å²) < 4.78 is 46.9. The summed E-state index contributed by atoms with van der Waals surface area (Å²) in [6.07, 6.45) is -1.13. The number of sulfonamides is 1. The molecule has 4 aromatic rings. The molecule has 228 valence electrons. The Morgan fingerprint density at radius 3 is 1.80 bits per heavy atom. The number of rotatable bonds is 9. The molecule has 44 heavy (non-hydrogen) atoms. The first-order valence-corrected chi connectivity index (χ1v) is 15.4. The highest BCUT2D eigenvalue weighted by atomic mass is 32.2. The molecule has 9 nitrogen and oxygen atoms in total. The summed E-state index contributed by atoms with van der Waals surface area (Å²) in [7, 11) is -0.793. The van der Waals surface area contributed by atoms with Crippen LogP contribution in [0.5, 0.6) is 5.75 Å². The number of carbonyl (C=O) groups is 2.